The molecular weight excluding hydrogens is 827 g/mol. The van der Waals surface area contributed by atoms with Crippen LogP contribution in [0.3, 0.4) is 0 Å². The van der Waals surface area contributed by atoms with E-state index in [1.165, 1.54) is 167 Å². The fourth-order valence-electron chi connectivity index (χ4n) is 7.84. The molecule has 0 aliphatic heterocycles. The number of ether oxygens (including phenoxy) is 4. The Bertz CT molecular complexity index is 1180. The highest BCUT2D eigenvalue weighted by Gasteiger charge is 2.22. The van der Waals surface area contributed by atoms with Gasteiger partial charge in [0.05, 0.1) is 40.3 Å². The number of carbonyl (C=O) groups excluding carboxylic acids is 3. The first kappa shape index (κ1) is 63.5. The van der Waals surface area contributed by atoms with E-state index in [0.29, 0.717) is 23.9 Å². The summed E-state index contributed by atoms with van der Waals surface area (Å²) in [7, 11) is 5.92. The zero-order valence-corrected chi connectivity index (χ0v) is 43.8. The quantitative estimate of drug-likeness (QED) is 0.0195. The van der Waals surface area contributed by atoms with Crippen LogP contribution in [-0.2, 0) is 33.3 Å². The third kappa shape index (κ3) is 49.4. The summed E-state index contributed by atoms with van der Waals surface area (Å²) in [6, 6.07) is 0. The van der Waals surface area contributed by atoms with Crippen molar-refractivity contribution in [2.45, 2.75) is 264 Å². The number of esters is 2. The van der Waals surface area contributed by atoms with Crippen LogP contribution >= 0.6 is 0 Å². The lowest BCUT2D eigenvalue weighted by Crippen LogP contribution is -2.44. The summed E-state index contributed by atoms with van der Waals surface area (Å²) in [6.07, 6.45) is 54.7. The summed E-state index contributed by atoms with van der Waals surface area (Å²) in [6.45, 7) is 4.76. The van der Waals surface area contributed by atoms with Crippen molar-refractivity contribution in [3.05, 3.63) is 36.5 Å². The van der Waals surface area contributed by atoms with Crippen LogP contribution in [0, 0.1) is 0 Å². The van der Waals surface area contributed by atoms with Gasteiger partial charge in [-0.1, -0.05) is 224 Å². The molecule has 0 aliphatic rings. The highest BCUT2D eigenvalue weighted by Crippen LogP contribution is 2.16. The third-order valence-corrected chi connectivity index (χ3v) is 12.1. The Morgan fingerprint density at radius 1 is 0.455 bits per heavy atom. The molecule has 0 aromatic carbocycles. The number of carboxylic acid groups (broad SMARTS) is 1. The maximum atomic E-state index is 12.8. The molecule has 0 rings (SSSR count). The van der Waals surface area contributed by atoms with Gasteiger partial charge in [-0.3, -0.25) is 9.59 Å². The Balaban J connectivity index is 4.21. The molecule has 0 saturated heterocycles. The predicted molar refractivity (Wildman–Crippen MR) is 274 cm³/mol. The molecule has 386 valence electrons. The molecule has 9 heteroatoms. The maximum absolute atomic E-state index is 12.8. The summed E-state index contributed by atoms with van der Waals surface area (Å²) >= 11 is 0. The molecule has 0 amide bonds. The molecule has 0 spiro atoms. The highest BCUT2D eigenvalue weighted by molar-refractivity contribution is 5.70. The lowest BCUT2D eigenvalue weighted by Gasteiger charge is -2.26. The summed E-state index contributed by atoms with van der Waals surface area (Å²) in [4.78, 5) is 37.2. The van der Waals surface area contributed by atoms with Gasteiger partial charge in [0.25, 0.3) is 0 Å². The number of rotatable bonds is 51. The number of allylic oxidation sites excluding steroid dienone is 6. The molecule has 0 aromatic heterocycles. The summed E-state index contributed by atoms with van der Waals surface area (Å²) in [5.74, 6) is -2.27. The second kappa shape index (κ2) is 48.9. The van der Waals surface area contributed by atoms with Crippen molar-refractivity contribution < 1.29 is 42.9 Å². The van der Waals surface area contributed by atoms with E-state index < -0.39 is 24.3 Å². The summed E-state index contributed by atoms with van der Waals surface area (Å²) in [5, 5.41) is 11.7. The molecule has 0 N–H and O–H groups in total. The van der Waals surface area contributed by atoms with E-state index in [9.17, 15) is 19.5 Å². The van der Waals surface area contributed by atoms with E-state index in [4.69, 9.17) is 18.9 Å². The fraction of sp³-hybridized carbons (Fsp3) is 0.842. The molecule has 0 bridgehead atoms. The van der Waals surface area contributed by atoms with Gasteiger partial charge in [-0.2, -0.15) is 0 Å². The average molecular weight is 932 g/mol. The lowest BCUT2D eigenvalue weighted by atomic mass is 10.0. The lowest BCUT2D eigenvalue weighted by molar-refractivity contribution is -0.870. The minimum absolute atomic E-state index is 0.149. The SMILES string of the molecule is CCCCCCC/C=C\C/C=C\C/C=C\CCCCCCCCCCCCCCC(=O)OC(COC(=O)CCCCCCCCCCCCCCCC)COC(OCC[N+](C)(C)C)C(=O)[O-]. The van der Waals surface area contributed by atoms with Crippen LogP contribution in [0.25, 0.3) is 0 Å². The summed E-state index contributed by atoms with van der Waals surface area (Å²) < 4.78 is 22.7. The number of likely N-dealkylation sites (N-methyl/N-ethyl adjacent to an activating group) is 1. The van der Waals surface area contributed by atoms with Crippen LogP contribution in [-0.4, -0.2) is 82.3 Å². The van der Waals surface area contributed by atoms with Crippen molar-refractivity contribution in [1.82, 2.24) is 0 Å². The number of nitrogens with zero attached hydrogens (tertiary/aromatic N) is 1. The molecule has 0 heterocycles. The van der Waals surface area contributed by atoms with Crippen molar-refractivity contribution in [2.24, 2.45) is 0 Å². The molecular formula is C57H105NO8. The van der Waals surface area contributed by atoms with Gasteiger partial charge in [0, 0.05) is 12.8 Å². The van der Waals surface area contributed by atoms with Gasteiger partial charge in [-0.05, 0) is 51.4 Å². The second-order valence-electron chi connectivity index (χ2n) is 19.9. The molecule has 0 saturated carbocycles. The molecule has 0 aromatic rings. The van der Waals surface area contributed by atoms with Crippen LogP contribution in [0.4, 0.5) is 0 Å². The van der Waals surface area contributed by atoms with Crippen molar-refractivity contribution in [3.8, 4) is 0 Å². The number of aliphatic carboxylic acids is 1. The van der Waals surface area contributed by atoms with E-state index >= 15 is 0 Å². The van der Waals surface area contributed by atoms with Crippen LogP contribution in [0.1, 0.15) is 251 Å². The van der Waals surface area contributed by atoms with Crippen LogP contribution in [0.5, 0.6) is 0 Å². The van der Waals surface area contributed by atoms with Gasteiger partial charge >= 0.3 is 11.9 Å². The largest absolute Gasteiger partial charge is 0.545 e. The van der Waals surface area contributed by atoms with Crippen LogP contribution < -0.4 is 5.11 Å². The number of carbonyl (C=O) groups is 3. The summed E-state index contributed by atoms with van der Waals surface area (Å²) in [5.41, 5.74) is 0. The van der Waals surface area contributed by atoms with Gasteiger partial charge in [-0.15, -0.1) is 0 Å². The van der Waals surface area contributed by atoms with Gasteiger partial charge in [-0.25, -0.2) is 0 Å². The number of carboxylic acids is 1. The van der Waals surface area contributed by atoms with E-state index in [1.54, 1.807) is 0 Å². The average Bonchev–Trinajstić information content (AvgIpc) is 3.28. The van der Waals surface area contributed by atoms with E-state index in [2.05, 4.69) is 50.3 Å². The maximum Gasteiger partial charge on any atom is 0.306 e. The molecule has 2 unspecified atom stereocenters. The standard InChI is InChI=1S/C57H105NO8/c1-6-8-10-12-14-16-18-20-22-23-24-25-26-27-28-29-30-31-32-33-34-36-38-40-42-44-46-48-55(60)66-53(52-65-57(56(61)62)63-50-49-58(3,4)5)51-64-54(59)47-45-43-41-39-37-35-21-19-17-15-13-11-9-7-2/h18,20,23-24,26-27,53,57H,6-17,19,21-22,25,28-52H2,1-5H3/b20-18-,24-23-,27-26-. The van der Waals surface area contributed by atoms with Crippen molar-refractivity contribution >= 4 is 17.9 Å². The zero-order valence-electron chi connectivity index (χ0n) is 43.8. The Labute approximate surface area is 407 Å². The van der Waals surface area contributed by atoms with Crippen LogP contribution in [0.2, 0.25) is 0 Å². The molecule has 0 radical (unpaired) electrons. The Morgan fingerprint density at radius 3 is 1.21 bits per heavy atom. The monoisotopic (exact) mass is 932 g/mol. The molecule has 0 aliphatic carbocycles. The first-order chi connectivity index (χ1) is 32.1. The first-order valence-electron chi connectivity index (χ1n) is 27.6. The number of hydrogen-bond donors (Lipinski definition) is 0. The number of unbranched alkanes of at least 4 members (excludes halogenated alkanes) is 30. The molecule has 2 atom stereocenters. The predicted octanol–water partition coefficient (Wildman–Crippen LogP) is 14.4. The van der Waals surface area contributed by atoms with Gasteiger partial charge in [0.2, 0.25) is 0 Å². The van der Waals surface area contributed by atoms with Gasteiger partial charge in [0.15, 0.2) is 12.4 Å². The third-order valence-electron chi connectivity index (χ3n) is 12.1. The Hall–Kier alpha value is -2.49. The molecule has 66 heavy (non-hydrogen) atoms. The van der Waals surface area contributed by atoms with Crippen molar-refractivity contribution in [1.29, 1.82) is 0 Å². The van der Waals surface area contributed by atoms with Gasteiger partial charge in [0.1, 0.15) is 13.2 Å². The van der Waals surface area contributed by atoms with Crippen molar-refractivity contribution in [3.63, 3.8) is 0 Å². The number of quaternary nitrogens is 1. The number of hydrogen-bond acceptors (Lipinski definition) is 8. The van der Waals surface area contributed by atoms with E-state index in [-0.39, 0.29) is 32.2 Å². The Morgan fingerprint density at radius 2 is 0.818 bits per heavy atom. The molecule has 0 fully saturated rings. The Kier molecular flexibility index (Phi) is 47.1. The van der Waals surface area contributed by atoms with Crippen molar-refractivity contribution in [2.75, 3.05) is 47.5 Å². The van der Waals surface area contributed by atoms with Gasteiger partial charge < -0.3 is 33.3 Å². The minimum atomic E-state index is -1.62. The van der Waals surface area contributed by atoms with E-state index in [1.807, 2.05) is 21.1 Å². The smallest absolute Gasteiger partial charge is 0.306 e. The molecule has 9 nitrogen and oxygen atoms in total. The normalized spacial score (nSPS) is 13.0. The topological polar surface area (TPSA) is 111 Å². The zero-order chi connectivity index (χ0) is 48.4. The minimum Gasteiger partial charge on any atom is -0.545 e. The highest BCUT2D eigenvalue weighted by atomic mass is 16.7. The first-order valence-corrected chi connectivity index (χ1v) is 27.6. The van der Waals surface area contributed by atoms with E-state index in [0.717, 1.165) is 51.4 Å². The fourth-order valence-corrected chi connectivity index (χ4v) is 7.84. The van der Waals surface area contributed by atoms with Crippen LogP contribution in [0.15, 0.2) is 36.5 Å². The second-order valence-corrected chi connectivity index (χ2v) is 19.9.